The highest BCUT2D eigenvalue weighted by atomic mass is 16.1. The molecule has 0 spiro atoms. The van der Waals surface area contributed by atoms with Crippen LogP contribution in [0.2, 0.25) is 0 Å². The van der Waals surface area contributed by atoms with Gasteiger partial charge in [-0.15, -0.1) is 0 Å². The summed E-state index contributed by atoms with van der Waals surface area (Å²) < 4.78 is 0. The highest BCUT2D eigenvalue weighted by Gasteiger charge is 2.28. The third kappa shape index (κ3) is 5.41. The molecule has 0 radical (unpaired) electrons. The molecule has 0 bridgehead atoms. The van der Waals surface area contributed by atoms with Crippen molar-refractivity contribution >= 4 is 17.3 Å². The molecular weight excluding hydrogens is 348 g/mol. The maximum Gasteiger partial charge on any atom is 0.251 e. The van der Waals surface area contributed by atoms with E-state index < -0.39 is 0 Å². The number of aromatic nitrogens is 1. The van der Waals surface area contributed by atoms with Gasteiger partial charge in [0.1, 0.15) is 0 Å². The third-order valence-electron chi connectivity index (χ3n) is 5.13. The number of amides is 1. The maximum absolute atomic E-state index is 12.9. The molecule has 1 aliphatic carbocycles. The number of pyridine rings is 1. The Morgan fingerprint density at radius 1 is 1.18 bits per heavy atom. The van der Waals surface area contributed by atoms with Gasteiger partial charge in [0.25, 0.3) is 5.91 Å². The van der Waals surface area contributed by atoms with Crippen LogP contribution in [0, 0.1) is 11.3 Å². The molecule has 1 aliphatic rings. The second-order valence-corrected chi connectivity index (χ2v) is 7.03. The van der Waals surface area contributed by atoms with Crippen LogP contribution in [0.25, 0.3) is 0 Å². The minimum Gasteiger partial charge on any atom is -0.398 e. The van der Waals surface area contributed by atoms with Crippen LogP contribution in [0.4, 0.5) is 5.69 Å². The SMILES string of the molecule is CC.CC(=N)c1cc(C(=O)NC(c2ccccn2)C2CCCCC2)ccc1N. The van der Waals surface area contributed by atoms with Gasteiger partial charge in [0.2, 0.25) is 0 Å². The summed E-state index contributed by atoms with van der Waals surface area (Å²) in [5.41, 5.74) is 8.82. The summed E-state index contributed by atoms with van der Waals surface area (Å²) in [7, 11) is 0. The molecule has 1 saturated carbocycles. The largest absolute Gasteiger partial charge is 0.398 e. The fourth-order valence-electron chi connectivity index (χ4n) is 3.71. The predicted molar refractivity (Wildman–Crippen MR) is 116 cm³/mol. The van der Waals surface area contributed by atoms with Crippen molar-refractivity contribution in [3.8, 4) is 0 Å². The van der Waals surface area contributed by atoms with Crippen LogP contribution in [0.5, 0.6) is 0 Å². The Balaban J connectivity index is 0.00000136. The van der Waals surface area contributed by atoms with Gasteiger partial charge in [0, 0.05) is 28.7 Å². The Morgan fingerprint density at radius 3 is 2.50 bits per heavy atom. The number of nitrogen functional groups attached to an aromatic ring is 1. The van der Waals surface area contributed by atoms with Gasteiger partial charge >= 0.3 is 0 Å². The number of nitrogens with two attached hydrogens (primary N) is 1. The number of anilines is 1. The van der Waals surface area contributed by atoms with Gasteiger partial charge in [0.05, 0.1) is 11.7 Å². The van der Waals surface area contributed by atoms with Crippen LogP contribution in [-0.4, -0.2) is 16.6 Å². The molecule has 0 aliphatic heterocycles. The maximum atomic E-state index is 12.9. The Kier molecular flexibility index (Phi) is 8.18. The van der Waals surface area contributed by atoms with Crippen LogP contribution in [0.15, 0.2) is 42.6 Å². The molecule has 4 N–H and O–H groups in total. The van der Waals surface area contributed by atoms with Crippen LogP contribution in [0.3, 0.4) is 0 Å². The van der Waals surface area contributed by atoms with Crippen LogP contribution >= 0.6 is 0 Å². The molecule has 0 saturated heterocycles. The Bertz CT molecular complexity index is 782. The normalized spacial score (nSPS) is 15.1. The summed E-state index contributed by atoms with van der Waals surface area (Å²) in [6, 6.07) is 10.9. The molecule has 5 nitrogen and oxygen atoms in total. The molecule has 3 rings (SSSR count). The van der Waals surface area contributed by atoms with Gasteiger partial charge in [-0.25, -0.2) is 0 Å². The van der Waals surface area contributed by atoms with Gasteiger partial charge < -0.3 is 16.5 Å². The van der Waals surface area contributed by atoms with Crippen molar-refractivity contribution in [1.82, 2.24) is 10.3 Å². The minimum atomic E-state index is -0.145. The van der Waals surface area contributed by atoms with Gasteiger partial charge in [0.15, 0.2) is 0 Å². The molecule has 1 unspecified atom stereocenters. The number of hydrogen-bond acceptors (Lipinski definition) is 4. The number of hydrogen-bond donors (Lipinski definition) is 3. The minimum absolute atomic E-state index is 0.0916. The van der Waals surface area contributed by atoms with Crippen LogP contribution in [-0.2, 0) is 0 Å². The molecule has 28 heavy (non-hydrogen) atoms. The first-order valence-corrected chi connectivity index (χ1v) is 10.2. The molecule has 1 fully saturated rings. The molecule has 5 heteroatoms. The molecule has 1 aromatic carbocycles. The fraction of sp³-hybridized carbons (Fsp3) is 0.435. The van der Waals surface area contributed by atoms with E-state index in [1.165, 1.54) is 19.3 Å². The van der Waals surface area contributed by atoms with E-state index in [1.807, 2.05) is 32.0 Å². The number of benzene rings is 1. The first-order valence-electron chi connectivity index (χ1n) is 10.2. The Morgan fingerprint density at radius 2 is 1.89 bits per heavy atom. The van der Waals surface area contributed by atoms with Crippen molar-refractivity contribution < 1.29 is 4.79 Å². The number of carbonyl (C=O) groups excluding carboxylic acids is 1. The van der Waals surface area contributed by atoms with Gasteiger partial charge in [-0.2, -0.15) is 0 Å². The van der Waals surface area contributed by atoms with Gasteiger partial charge in [-0.1, -0.05) is 39.2 Å². The number of carbonyl (C=O) groups is 1. The third-order valence-corrected chi connectivity index (χ3v) is 5.13. The second-order valence-electron chi connectivity index (χ2n) is 7.03. The smallest absolute Gasteiger partial charge is 0.251 e. The molecule has 1 aromatic heterocycles. The van der Waals surface area contributed by atoms with Crippen molar-refractivity contribution in [2.75, 3.05) is 5.73 Å². The Hall–Kier alpha value is -2.69. The first-order chi connectivity index (χ1) is 13.6. The van der Waals surface area contributed by atoms with Crippen molar-refractivity contribution in [3.63, 3.8) is 0 Å². The zero-order valence-corrected chi connectivity index (χ0v) is 17.2. The lowest BCUT2D eigenvalue weighted by Gasteiger charge is -2.30. The highest BCUT2D eigenvalue weighted by molar-refractivity contribution is 6.04. The lowest BCUT2D eigenvalue weighted by Crippen LogP contribution is -2.35. The summed E-state index contributed by atoms with van der Waals surface area (Å²) in [6.07, 6.45) is 7.64. The van der Waals surface area contributed by atoms with Crippen LogP contribution < -0.4 is 11.1 Å². The van der Waals surface area contributed by atoms with Crippen molar-refractivity contribution in [3.05, 3.63) is 59.4 Å². The van der Waals surface area contributed by atoms with E-state index in [-0.39, 0.29) is 11.9 Å². The number of nitrogens with zero attached hydrogens (tertiary/aromatic N) is 1. The quantitative estimate of drug-likeness (QED) is 0.496. The summed E-state index contributed by atoms with van der Waals surface area (Å²) in [6.45, 7) is 5.67. The predicted octanol–water partition coefficient (Wildman–Crippen LogP) is 5.13. The zero-order valence-electron chi connectivity index (χ0n) is 17.2. The summed E-state index contributed by atoms with van der Waals surface area (Å²) in [4.78, 5) is 17.4. The van der Waals surface area contributed by atoms with Crippen molar-refractivity contribution in [1.29, 1.82) is 5.41 Å². The van der Waals surface area contributed by atoms with Gasteiger partial charge in [-0.05, 0) is 56.0 Å². The molecule has 150 valence electrons. The molecule has 1 amide bonds. The van der Waals surface area contributed by atoms with Crippen molar-refractivity contribution in [2.45, 2.75) is 58.9 Å². The van der Waals surface area contributed by atoms with E-state index in [0.29, 0.717) is 28.4 Å². The molecule has 2 aromatic rings. The zero-order chi connectivity index (χ0) is 20.5. The molecule has 1 heterocycles. The van der Waals surface area contributed by atoms with Gasteiger partial charge in [-0.3, -0.25) is 9.78 Å². The van der Waals surface area contributed by atoms with Crippen LogP contribution in [0.1, 0.15) is 80.5 Å². The number of nitrogens with one attached hydrogen (secondary N) is 2. The van der Waals surface area contributed by atoms with E-state index in [4.69, 9.17) is 11.1 Å². The van der Waals surface area contributed by atoms with Crippen molar-refractivity contribution in [2.24, 2.45) is 5.92 Å². The lowest BCUT2D eigenvalue weighted by molar-refractivity contribution is 0.0911. The lowest BCUT2D eigenvalue weighted by atomic mass is 9.82. The molecule has 1 atom stereocenters. The first kappa shape index (κ1) is 21.6. The molecular formula is C23H32N4O. The van der Waals surface area contributed by atoms with E-state index in [0.717, 1.165) is 18.5 Å². The summed E-state index contributed by atoms with van der Waals surface area (Å²) in [5.74, 6) is 0.258. The average Bonchev–Trinajstić information content (AvgIpc) is 2.74. The van der Waals surface area contributed by atoms with E-state index >= 15 is 0 Å². The van der Waals surface area contributed by atoms with E-state index in [1.54, 1.807) is 31.3 Å². The average molecular weight is 381 g/mol. The standard InChI is InChI=1S/C21H26N4O.C2H6/c1-14(22)17-13-16(10-11-18(17)23)21(26)25-20(15-7-3-2-4-8-15)19-9-5-6-12-24-19;1-2/h5-6,9-13,15,20,22H,2-4,7-8,23H2,1H3,(H,25,26);1-2H3. The second kappa shape index (κ2) is 10.6. The Labute approximate surface area is 168 Å². The van der Waals surface area contributed by atoms with E-state index in [9.17, 15) is 4.79 Å². The number of rotatable bonds is 5. The fourth-order valence-corrected chi connectivity index (χ4v) is 3.71. The van der Waals surface area contributed by atoms with E-state index in [2.05, 4.69) is 10.3 Å². The monoisotopic (exact) mass is 380 g/mol. The summed E-state index contributed by atoms with van der Waals surface area (Å²) >= 11 is 0. The topological polar surface area (TPSA) is 91.9 Å². The summed E-state index contributed by atoms with van der Waals surface area (Å²) in [5, 5.41) is 11.0. The highest BCUT2D eigenvalue weighted by Crippen LogP contribution is 2.34.